The monoisotopic (exact) mass is 816 g/mol. The number of hydrogen-bond acceptors (Lipinski definition) is 4. The fraction of sp³-hybridized carbons (Fsp3) is 0. The van der Waals surface area contributed by atoms with Crippen molar-refractivity contribution in [2.24, 2.45) is 0 Å². The topological polar surface area (TPSA) is 72.3 Å². The van der Waals surface area contributed by atoms with Gasteiger partial charge < -0.3 is 9.13 Å². The van der Waals surface area contributed by atoms with Gasteiger partial charge in [0.1, 0.15) is 0 Å². The number of hydrogen-bond donors (Lipinski definition) is 0. The van der Waals surface area contributed by atoms with Crippen molar-refractivity contribution in [2.45, 2.75) is 0 Å². The van der Waals surface area contributed by atoms with E-state index in [1.165, 1.54) is 10.8 Å². The van der Waals surface area contributed by atoms with Crippen LogP contribution in [0, 0.1) is 11.3 Å². The lowest BCUT2D eigenvalue weighted by Crippen LogP contribution is -2.04. The second-order valence-corrected chi connectivity index (χ2v) is 15.9. The lowest BCUT2D eigenvalue weighted by atomic mass is 9.98. The number of nitriles is 1. The highest BCUT2D eigenvalue weighted by Crippen LogP contribution is 2.42. The SMILES string of the molecule is N#Cc1ccc(-c2ccc3c(c2)c2ccccc2n3-c2ccc(-c3cccc4c5ccccc5n(-c5ccccc5)c34)cc2-c2nc(-c3ccccc3)nc(-c3ccccc3)n2)cc1. The van der Waals surface area contributed by atoms with Crippen LogP contribution in [0.2, 0.25) is 0 Å². The number of para-hydroxylation sites is 4. The van der Waals surface area contributed by atoms with E-state index in [1.54, 1.807) is 0 Å². The van der Waals surface area contributed by atoms with E-state index in [0.717, 1.165) is 83.2 Å². The summed E-state index contributed by atoms with van der Waals surface area (Å²) in [7, 11) is 0. The first-order valence-electron chi connectivity index (χ1n) is 21.3. The molecular weight excluding hydrogens is 781 g/mol. The highest BCUT2D eigenvalue weighted by molar-refractivity contribution is 6.14. The minimum atomic E-state index is 0.570. The summed E-state index contributed by atoms with van der Waals surface area (Å²) < 4.78 is 4.73. The summed E-state index contributed by atoms with van der Waals surface area (Å²) in [6.45, 7) is 0. The maximum Gasteiger partial charge on any atom is 0.166 e. The lowest BCUT2D eigenvalue weighted by molar-refractivity contribution is 1.06. The van der Waals surface area contributed by atoms with Crippen LogP contribution in [0.15, 0.2) is 218 Å². The summed E-state index contributed by atoms with van der Waals surface area (Å²) in [5.74, 6) is 1.77. The van der Waals surface area contributed by atoms with Crippen LogP contribution >= 0.6 is 0 Å². The van der Waals surface area contributed by atoms with Gasteiger partial charge in [0.25, 0.3) is 0 Å². The van der Waals surface area contributed by atoms with Crippen molar-refractivity contribution >= 4 is 43.6 Å². The molecule has 0 unspecified atom stereocenters. The summed E-state index contributed by atoms with van der Waals surface area (Å²) >= 11 is 0. The fourth-order valence-corrected chi connectivity index (χ4v) is 9.25. The van der Waals surface area contributed by atoms with E-state index in [-0.39, 0.29) is 0 Å². The Labute approximate surface area is 369 Å². The van der Waals surface area contributed by atoms with Crippen LogP contribution in [0.1, 0.15) is 5.56 Å². The molecule has 298 valence electrons. The van der Waals surface area contributed by atoms with Gasteiger partial charge in [-0.3, -0.25) is 0 Å². The molecule has 0 fully saturated rings. The molecule has 9 aromatic carbocycles. The van der Waals surface area contributed by atoms with Crippen LogP contribution in [0.3, 0.4) is 0 Å². The van der Waals surface area contributed by atoms with Crippen molar-refractivity contribution in [3.05, 3.63) is 224 Å². The average molecular weight is 817 g/mol. The zero-order chi connectivity index (χ0) is 42.6. The number of rotatable bonds is 7. The van der Waals surface area contributed by atoms with Crippen molar-refractivity contribution in [1.29, 1.82) is 5.26 Å². The fourth-order valence-electron chi connectivity index (χ4n) is 9.25. The van der Waals surface area contributed by atoms with Gasteiger partial charge in [-0.05, 0) is 77.4 Å². The Bertz CT molecular complexity index is 3710. The molecule has 12 rings (SSSR count). The average Bonchev–Trinajstić information content (AvgIpc) is 3.89. The molecule has 0 atom stereocenters. The van der Waals surface area contributed by atoms with Crippen LogP contribution in [0.5, 0.6) is 0 Å². The zero-order valence-corrected chi connectivity index (χ0v) is 34.5. The highest BCUT2D eigenvalue weighted by atomic mass is 15.1. The maximum atomic E-state index is 9.47. The minimum absolute atomic E-state index is 0.570. The second-order valence-electron chi connectivity index (χ2n) is 15.9. The van der Waals surface area contributed by atoms with Gasteiger partial charge in [0.15, 0.2) is 17.5 Å². The van der Waals surface area contributed by atoms with Gasteiger partial charge in [0, 0.05) is 49.5 Å². The Morgan fingerprint density at radius 1 is 0.344 bits per heavy atom. The normalized spacial score (nSPS) is 11.4. The number of nitrogens with zero attached hydrogens (tertiary/aromatic N) is 6. The molecular formula is C58H36N6. The van der Waals surface area contributed by atoms with Crippen molar-refractivity contribution in [1.82, 2.24) is 24.1 Å². The van der Waals surface area contributed by atoms with Crippen molar-refractivity contribution in [2.75, 3.05) is 0 Å². The zero-order valence-electron chi connectivity index (χ0n) is 34.5. The molecule has 3 heterocycles. The van der Waals surface area contributed by atoms with Crippen LogP contribution in [-0.4, -0.2) is 24.1 Å². The van der Waals surface area contributed by atoms with E-state index in [9.17, 15) is 5.26 Å². The molecule has 0 saturated carbocycles. The van der Waals surface area contributed by atoms with Gasteiger partial charge in [-0.2, -0.15) is 5.26 Å². The number of fused-ring (bicyclic) bond motifs is 6. The minimum Gasteiger partial charge on any atom is -0.309 e. The quantitative estimate of drug-likeness (QED) is 0.161. The van der Waals surface area contributed by atoms with Gasteiger partial charge in [0.05, 0.1) is 39.4 Å². The Morgan fingerprint density at radius 2 is 0.875 bits per heavy atom. The summed E-state index contributed by atoms with van der Waals surface area (Å²) in [6.07, 6.45) is 0. The molecule has 0 saturated heterocycles. The van der Waals surface area contributed by atoms with Gasteiger partial charge >= 0.3 is 0 Å². The molecule has 0 aliphatic rings. The maximum absolute atomic E-state index is 9.47. The van der Waals surface area contributed by atoms with E-state index >= 15 is 0 Å². The molecule has 0 radical (unpaired) electrons. The Balaban J connectivity index is 1.16. The molecule has 0 spiro atoms. The van der Waals surface area contributed by atoms with E-state index in [4.69, 9.17) is 15.0 Å². The van der Waals surface area contributed by atoms with Gasteiger partial charge in [-0.25, -0.2) is 15.0 Å². The molecule has 12 aromatic rings. The number of aromatic nitrogens is 5. The van der Waals surface area contributed by atoms with Crippen molar-refractivity contribution in [3.63, 3.8) is 0 Å². The molecule has 64 heavy (non-hydrogen) atoms. The molecule has 6 nitrogen and oxygen atoms in total. The Kier molecular flexibility index (Phi) is 8.77. The molecule has 0 amide bonds. The molecule has 0 aliphatic carbocycles. The van der Waals surface area contributed by atoms with Gasteiger partial charge in [0.2, 0.25) is 0 Å². The Hall–Kier alpha value is -8.92. The predicted octanol–water partition coefficient (Wildman–Crippen LogP) is 14.3. The first-order chi connectivity index (χ1) is 31.7. The standard InChI is InChI=1S/C58H36N6/c59-37-38-27-29-39(30-28-38)42-31-33-53-49(35-42)47-22-11-13-26-52(47)64(53)54-34-32-43(45-23-14-24-48-46-21-10-12-25-51(46)63(55(45)48)44-19-8-3-9-20-44)36-50(54)58-61-56(40-15-4-1-5-16-40)60-57(62-58)41-17-6-2-7-18-41/h1-36H. The molecule has 0 N–H and O–H groups in total. The molecule has 6 heteroatoms. The van der Waals surface area contributed by atoms with Crippen LogP contribution in [-0.2, 0) is 0 Å². The van der Waals surface area contributed by atoms with E-state index in [0.29, 0.717) is 23.0 Å². The first kappa shape index (κ1) is 36.9. The van der Waals surface area contributed by atoms with Crippen molar-refractivity contribution < 1.29 is 0 Å². The van der Waals surface area contributed by atoms with Gasteiger partial charge in [-0.1, -0.05) is 158 Å². The van der Waals surface area contributed by atoms with E-state index in [2.05, 4.69) is 149 Å². The summed E-state index contributed by atoms with van der Waals surface area (Å²) in [5.41, 5.74) is 14.0. The van der Waals surface area contributed by atoms with Crippen LogP contribution in [0.4, 0.5) is 0 Å². The Morgan fingerprint density at radius 3 is 1.55 bits per heavy atom. The summed E-state index contributed by atoms with van der Waals surface area (Å²) in [4.78, 5) is 15.7. The third kappa shape index (κ3) is 6.14. The molecule has 0 aliphatic heterocycles. The smallest absolute Gasteiger partial charge is 0.166 e. The predicted molar refractivity (Wildman–Crippen MR) is 260 cm³/mol. The first-order valence-corrected chi connectivity index (χ1v) is 21.3. The largest absolute Gasteiger partial charge is 0.309 e. The van der Waals surface area contributed by atoms with Crippen LogP contribution in [0.25, 0.3) is 111 Å². The second kappa shape index (κ2) is 15.2. The number of benzene rings is 9. The summed E-state index contributed by atoms with van der Waals surface area (Å²) in [5, 5.41) is 14.1. The van der Waals surface area contributed by atoms with E-state index in [1.807, 2.05) is 84.9 Å². The lowest BCUT2D eigenvalue weighted by Gasteiger charge is -2.17. The third-order valence-corrected chi connectivity index (χ3v) is 12.2. The highest BCUT2D eigenvalue weighted by Gasteiger charge is 2.23. The third-order valence-electron chi connectivity index (χ3n) is 12.2. The van der Waals surface area contributed by atoms with Gasteiger partial charge in [-0.15, -0.1) is 0 Å². The van der Waals surface area contributed by atoms with Crippen LogP contribution < -0.4 is 0 Å². The van der Waals surface area contributed by atoms with Crippen molar-refractivity contribution in [3.8, 4) is 73.9 Å². The summed E-state index contributed by atoms with van der Waals surface area (Å²) in [6, 6.07) is 78.1. The van der Waals surface area contributed by atoms with E-state index < -0.39 is 0 Å². The molecule has 0 bridgehead atoms. The molecule has 3 aromatic heterocycles.